The average molecular weight is 397 g/mol. The summed E-state index contributed by atoms with van der Waals surface area (Å²) in [5, 5.41) is 5.71. The van der Waals surface area contributed by atoms with Crippen LogP contribution in [0, 0.1) is 11.7 Å². The van der Waals surface area contributed by atoms with E-state index in [1.54, 1.807) is 45.0 Å². The molecule has 0 spiro atoms. The van der Waals surface area contributed by atoms with Crippen LogP contribution in [0.3, 0.4) is 0 Å². The Morgan fingerprint density at radius 3 is 2.19 bits per heavy atom. The largest absolute Gasteiger partial charge is 0.345 e. The van der Waals surface area contributed by atoms with Crippen LogP contribution in [-0.4, -0.2) is 11.8 Å². The van der Waals surface area contributed by atoms with Gasteiger partial charge in [-0.2, -0.15) is 0 Å². The minimum atomic E-state index is -0.600. The molecule has 0 aliphatic carbocycles. The van der Waals surface area contributed by atoms with E-state index < -0.39 is 11.9 Å². The monoisotopic (exact) mass is 396 g/mol. The summed E-state index contributed by atoms with van der Waals surface area (Å²) in [6, 6.07) is 8.50. The van der Waals surface area contributed by atoms with E-state index in [1.165, 1.54) is 12.1 Å². The van der Waals surface area contributed by atoms with Gasteiger partial charge in [0.15, 0.2) is 0 Å². The predicted octanol–water partition coefficient (Wildman–Crippen LogP) is 5.22. The Hall–Kier alpha value is -2.11. The predicted molar refractivity (Wildman–Crippen MR) is 102 cm³/mol. The summed E-state index contributed by atoms with van der Waals surface area (Å²) in [7, 11) is 0. The molecule has 2 aromatic rings. The van der Waals surface area contributed by atoms with Gasteiger partial charge in [0, 0.05) is 22.2 Å². The van der Waals surface area contributed by atoms with Crippen molar-refractivity contribution in [2.75, 3.05) is 5.32 Å². The van der Waals surface area contributed by atoms with Crippen LogP contribution in [0.25, 0.3) is 0 Å². The molecule has 2 N–H and O–H groups in total. The molecule has 0 radical (unpaired) electrons. The Balaban J connectivity index is 2.07. The fourth-order valence-electron chi connectivity index (χ4n) is 2.22. The first kappa shape index (κ1) is 20.2. The molecular formula is C19H19Cl2FN2O2. The third-order valence-electron chi connectivity index (χ3n) is 3.79. The molecule has 26 heavy (non-hydrogen) atoms. The van der Waals surface area contributed by atoms with Crippen molar-refractivity contribution in [3.05, 3.63) is 63.4 Å². The van der Waals surface area contributed by atoms with Gasteiger partial charge >= 0.3 is 0 Å². The van der Waals surface area contributed by atoms with Crippen LogP contribution in [0.4, 0.5) is 10.1 Å². The lowest BCUT2D eigenvalue weighted by Gasteiger charge is -2.16. The fourth-order valence-corrected chi connectivity index (χ4v) is 2.77. The summed E-state index contributed by atoms with van der Waals surface area (Å²) in [6.45, 7) is 5.29. The molecule has 138 valence electrons. The summed E-state index contributed by atoms with van der Waals surface area (Å²) < 4.78 is 13.6. The molecule has 0 aliphatic rings. The molecule has 0 aliphatic heterocycles. The molecule has 7 heteroatoms. The van der Waals surface area contributed by atoms with Gasteiger partial charge in [-0.25, -0.2) is 4.39 Å². The Morgan fingerprint density at radius 2 is 1.62 bits per heavy atom. The van der Waals surface area contributed by atoms with Gasteiger partial charge in [-0.05, 0) is 48.9 Å². The minimum Gasteiger partial charge on any atom is -0.345 e. The van der Waals surface area contributed by atoms with Crippen LogP contribution in [0.15, 0.2) is 36.4 Å². The molecule has 0 heterocycles. The summed E-state index contributed by atoms with van der Waals surface area (Å²) in [4.78, 5) is 24.0. The first-order valence-electron chi connectivity index (χ1n) is 8.05. The number of amides is 2. The zero-order valence-electron chi connectivity index (χ0n) is 14.6. The second-order valence-electron chi connectivity index (χ2n) is 6.20. The summed E-state index contributed by atoms with van der Waals surface area (Å²) in [5.41, 5.74) is 1.45. The Bertz CT molecular complexity index is 823. The van der Waals surface area contributed by atoms with Gasteiger partial charge < -0.3 is 10.6 Å². The summed E-state index contributed by atoms with van der Waals surface area (Å²) >= 11 is 11.8. The third-order valence-corrected chi connectivity index (χ3v) is 4.41. The topological polar surface area (TPSA) is 58.2 Å². The van der Waals surface area contributed by atoms with Gasteiger partial charge in [-0.15, -0.1) is 0 Å². The van der Waals surface area contributed by atoms with Crippen molar-refractivity contribution < 1.29 is 14.0 Å². The molecule has 0 saturated carbocycles. The van der Waals surface area contributed by atoms with E-state index in [-0.39, 0.29) is 27.8 Å². The molecule has 2 amide bonds. The van der Waals surface area contributed by atoms with Crippen molar-refractivity contribution in [1.29, 1.82) is 0 Å². The van der Waals surface area contributed by atoms with Crippen molar-refractivity contribution in [1.82, 2.24) is 5.32 Å². The number of hydrogen-bond acceptors (Lipinski definition) is 2. The lowest BCUT2D eigenvalue weighted by molar-refractivity contribution is -0.118. The number of anilines is 1. The number of carbonyl (C=O) groups is 2. The highest BCUT2D eigenvalue weighted by molar-refractivity contribution is 6.35. The molecule has 2 rings (SSSR count). The maximum absolute atomic E-state index is 13.6. The number of rotatable bonds is 5. The van der Waals surface area contributed by atoms with Gasteiger partial charge in [-0.1, -0.05) is 37.0 Å². The normalized spacial score (nSPS) is 12.0. The molecule has 0 fully saturated rings. The van der Waals surface area contributed by atoms with Crippen LogP contribution in [0.5, 0.6) is 0 Å². The summed E-state index contributed by atoms with van der Waals surface area (Å²) in [5.74, 6) is -1.18. The second kappa shape index (κ2) is 8.52. The van der Waals surface area contributed by atoms with E-state index in [2.05, 4.69) is 10.6 Å². The number of halogens is 3. The van der Waals surface area contributed by atoms with E-state index in [4.69, 9.17) is 23.2 Å². The SMILES string of the molecule is CC(C)C(=O)Nc1ccc(C(=O)NC(C)c2cc(F)c(Cl)cc2Cl)cc1. The lowest BCUT2D eigenvalue weighted by atomic mass is 10.1. The van der Waals surface area contributed by atoms with E-state index >= 15 is 0 Å². The highest BCUT2D eigenvalue weighted by Gasteiger charge is 2.16. The second-order valence-corrected chi connectivity index (χ2v) is 7.02. The van der Waals surface area contributed by atoms with Crippen LogP contribution in [0.2, 0.25) is 10.0 Å². The van der Waals surface area contributed by atoms with E-state index in [1.807, 2.05) is 0 Å². The number of benzene rings is 2. The highest BCUT2D eigenvalue weighted by atomic mass is 35.5. The quantitative estimate of drug-likeness (QED) is 0.680. The third kappa shape index (κ3) is 4.96. The smallest absolute Gasteiger partial charge is 0.251 e. The molecule has 0 aromatic heterocycles. The van der Waals surface area contributed by atoms with Gasteiger partial charge in [-0.3, -0.25) is 9.59 Å². The Kier molecular flexibility index (Phi) is 6.62. The molecule has 4 nitrogen and oxygen atoms in total. The first-order valence-corrected chi connectivity index (χ1v) is 8.81. The van der Waals surface area contributed by atoms with Crippen LogP contribution >= 0.6 is 23.2 Å². The van der Waals surface area contributed by atoms with Crippen LogP contribution < -0.4 is 10.6 Å². The molecule has 1 unspecified atom stereocenters. The van der Waals surface area contributed by atoms with Gasteiger partial charge in [0.1, 0.15) is 5.82 Å². The van der Waals surface area contributed by atoms with Crippen molar-refractivity contribution in [2.45, 2.75) is 26.8 Å². The maximum Gasteiger partial charge on any atom is 0.251 e. The van der Waals surface area contributed by atoms with Crippen LogP contribution in [0.1, 0.15) is 42.7 Å². The van der Waals surface area contributed by atoms with Gasteiger partial charge in [0.25, 0.3) is 5.91 Å². The Morgan fingerprint density at radius 1 is 1.00 bits per heavy atom. The standard InChI is InChI=1S/C19H19Cl2FN2O2/c1-10(2)18(25)24-13-6-4-12(5-7-13)19(26)23-11(3)14-8-17(22)16(21)9-15(14)20/h4-11H,1-3H3,(H,23,26)(H,24,25). The average Bonchev–Trinajstić information content (AvgIpc) is 2.58. The summed E-state index contributed by atoms with van der Waals surface area (Å²) in [6.07, 6.45) is 0. The number of carbonyl (C=O) groups excluding carboxylic acids is 2. The zero-order valence-corrected chi connectivity index (χ0v) is 16.1. The zero-order chi connectivity index (χ0) is 19.4. The fraction of sp³-hybridized carbons (Fsp3) is 0.263. The number of nitrogens with one attached hydrogen (secondary N) is 2. The van der Waals surface area contributed by atoms with Crippen LogP contribution in [-0.2, 0) is 4.79 Å². The van der Waals surface area contributed by atoms with E-state index in [0.717, 1.165) is 0 Å². The number of hydrogen-bond donors (Lipinski definition) is 2. The molecule has 0 bridgehead atoms. The van der Waals surface area contributed by atoms with Crippen molar-refractivity contribution in [2.24, 2.45) is 5.92 Å². The highest BCUT2D eigenvalue weighted by Crippen LogP contribution is 2.28. The van der Waals surface area contributed by atoms with E-state index in [0.29, 0.717) is 16.8 Å². The van der Waals surface area contributed by atoms with Crippen molar-refractivity contribution in [3.63, 3.8) is 0 Å². The lowest BCUT2D eigenvalue weighted by Crippen LogP contribution is -2.27. The minimum absolute atomic E-state index is 0.0729. The first-order chi connectivity index (χ1) is 12.2. The molecule has 1 atom stereocenters. The molecule has 0 saturated heterocycles. The molecular weight excluding hydrogens is 378 g/mol. The Labute approximate surface area is 161 Å². The maximum atomic E-state index is 13.6. The van der Waals surface area contributed by atoms with Crippen molar-refractivity contribution >= 4 is 40.7 Å². The van der Waals surface area contributed by atoms with Crippen molar-refractivity contribution in [3.8, 4) is 0 Å². The van der Waals surface area contributed by atoms with Gasteiger partial charge in [0.05, 0.1) is 11.1 Å². The van der Waals surface area contributed by atoms with Gasteiger partial charge in [0.2, 0.25) is 5.91 Å². The van der Waals surface area contributed by atoms with E-state index in [9.17, 15) is 14.0 Å². The molecule has 2 aromatic carbocycles.